The fourth-order valence-electron chi connectivity index (χ4n) is 8.30. The molecule has 2 fully saturated rings. The number of piperidine rings is 1. The van der Waals surface area contributed by atoms with Crippen LogP contribution in [0, 0.1) is 11.3 Å². The summed E-state index contributed by atoms with van der Waals surface area (Å²) in [6.07, 6.45) is 4.96. The zero-order valence-electron chi connectivity index (χ0n) is 33.5. The Morgan fingerprint density at radius 3 is 2.52 bits per heavy atom. The number of carboxylic acids is 1. The number of carbonyl (C=O) groups excluding carboxylic acids is 2. The van der Waals surface area contributed by atoms with Crippen LogP contribution in [-0.4, -0.2) is 81.1 Å². The van der Waals surface area contributed by atoms with Crippen LogP contribution >= 0.6 is 0 Å². The summed E-state index contributed by atoms with van der Waals surface area (Å²) in [5.41, 5.74) is 10.1. The van der Waals surface area contributed by atoms with Crippen LogP contribution in [-0.2, 0) is 33.9 Å². The second kappa shape index (κ2) is 17.9. The number of aryl methyl sites for hydroxylation is 1. The summed E-state index contributed by atoms with van der Waals surface area (Å²) in [7, 11) is 0. The lowest BCUT2D eigenvalue weighted by molar-refractivity contribution is -0.147. The van der Waals surface area contributed by atoms with Crippen LogP contribution in [0.2, 0.25) is 0 Å². The summed E-state index contributed by atoms with van der Waals surface area (Å²) in [5, 5.41) is 25.5. The minimum absolute atomic E-state index is 0.0560. The van der Waals surface area contributed by atoms with Gasteiger partial charge in [0.1, 0.15) is 18.7 Å². The summed E-state index contributed by atoms with van der Waals surface area (Å²) < 4.78 is 7.92. The molecule has 2 aliphatic heterocycles. The van der Waals surface area contributed by atoms with E-state index in [0.29, 0.717) is 38.8 Å². The first-order chi connectivity index (χ1) is 26.9. The number of benzene rings is 2. The van der Waals surface area contributed by atoms with Gasteiger partial charge in [0, 0.05) is 61.1 Å². The predicted molar refractivity (Wildman–Crippen MR) is 218 cm³/mol. The molecular formula is C44H58N6O6. The first-order valence-corrected chi connectivity index (χ1v) is 20.1. The Bertz CT molecular complexity index is 1990. The highest BCUT2D eigenvalue weighted by Crippen LogP contribution is 2.41. The van der Waals surface area contributed by atoms with Gasteiger partial charge in [-0.3, -0.25) is 19.6 Å². The summed E-state index contributed by atoms with van der Waals surface area (Å²) in [4.78, 5) is 46.2. The van der Waals surface area contributed by atoms with E-state index in [9.17, 15) is 24.6 Å². The molecule has 3 atom stereocenters. The Hall–Kier alpha value is -4.94. The van der Waals surface area contributed by atoms with Crippen LogP contribution in [0.25, 0.3) is 22.2 Å². The molecule has 0 saturated carbocycles. The zero-order chi connectivity index (χ0) is 40.0. The van der Waals surface area contributed by atoms with Gasteiger partial charge in [-0.2, -0.15) is 0 Å². The number of carboxylic acid groups (broad SMARTS) is 1. The highest BCUT2D eigenvalue weighted by molar-refractivity contribution is 5.94. The van der Waals surface area contributed by atoms with Crippen molar-refractivity contribution >= 4 is 34.6 Å². The Balaban J connectivity index is 1.29. The second-order valence-electron chi connectivity index (χ2n) is 16.5. The maximum absolute atomic E-state index is 14.0. The van der Waals surface area contributed by atoms with Crippen LogP contribution in [0.5, 0.6) is 0 Å². The molecule has 2 aromatic heterocycles. The second-order valence-corrected chi connectivity index (χ2v) is 16.5. The number of fused-ring (bicyclic) bond motifs is 1. The number of pyridine rings is 1. The van der Waals surface area contributed by atoms with E-state index in [-0.39, 0.29) is 36.4 Å². The van der Waals surface area contributed by atoms with Crippen molar-refractivity contribution in [1.29, 1.82) is 0 Å². The van der Waals surface area contributed by atoms with Gasteiger partial charge in [-0.25, -0.2) is 10.2 Å². The van der Waals surface area contributed by atoms with Crippen molar-refractivity contribution in [3.8, 4) is 11.3 Å². The van der Waals surface area contributed by atoms with E-state index < -0.39 is 24.1 Å². The first kappa shape index (κ1) is 40.7. The number of ether oxygens (including phenoxy) is 1. The molecule has 0 bridgehead atoms. The van der Waals surface area contributed by atoms with E-state index in [2.05, 4.69) is 79.1 Å². The van der Waals surface area contributed by atoms with Crippen LogP contribution in [0.1, 0.15) is 89.5 Å². The average molecular weight is 767 g/mol. The summed E-state index contributed by atoms with van der Waals surface area (Å²) >= 11 is 0. The van der Waals surface area contributed by atoms with Gasteiger partial charge in [0.05, 0.1) is 11.4 Å². The summed E-state index contributed by atoms with van der Waals surface area (Å²) in [6.45, 7) is 13.5. The van der Waals surface area contributed by atoms with E-state index in [4.69, 9.17) is 9.72 Å². The highest BCUT2D eigenvalue weighted by Gasteiger charge is 2.35. The molecule has 0 unspecified atom stereocenters. The van der Waals surface area contributed by atoms with Gasteiger partial charge in [-0.1, -0.05) is 58.0 Å². The van der Waals surface area contributed by atoms with Gasteiger partial charge in [0.15, 0.2) is 0 Å². The number of carbonyl (C=O) groups is 3. The van der Waals surface area contributed by atoms with Crippen molar-refractivity contribution in [1.82, 2.24) is 25.3 Å². The number of anilines is 1. The van der Waals surface area contributed by atoms with E-state index in [1.807, 2.05) is 42.6 Å². The fraction of sp³-hybridized carbons (Fsp3) is 0.500. The van der Waals surface area contributed by atoms with E-state index in [1.54, 1.807) is 0 Å². The third-order valence-electron chi connectivity index (χ3n) is 11.2. The van der Waals surface area contributed by atoms with E-state index >= 15 is 0 Å². The molecule has 12 nitrogen and oxygen atoms in total. The third kappa shape index (κ3) is 9.35. The number of aliphatic hydroxyl groups is 1. The van der Waals surface area contributed by atoms with Crippen LogP contribution in [0.15, 0.2) is 66.9 Å². The van der Waals surface area contributed by atoms with Crippen molar-refractivity contribution in [3.05, 3.63) is 83.7 Å². The number of nitrogens with one attached hydrogen (secondary N) is 2. The molecule has 6 rings (SSSR count). The highest BCUT2D eigenvalue weighted by atomic mass is 16.5. The average Bonchev–Trinajstić information content (AvgIpc) is 3.51. The molecule has 0 radical (unpaired) electrons. The lowest BCUT2D eigenvalue weighted by atomic mass is 9.84. The monoisotopic (exact) mass is 766 g/mol. The number of hydrogen-bond donors (Lipinski definition) is 4. The van der Waals surface area contributed by atoms with Crippen LogP contribution < -0.4 is 15.6 Å². The molecule has 4 heterocycles. The van der Waals surface area contributed by atoms with Crippen LogP contribution in [0.3, 0.4) is 0 Å². The van der Waals surface area contributed by atoms with Crippen LogP contribution in [0.4, 0.5) is 10.5 Å². The quantitative estimate of drug-likeness (QED) is 0.108. The normalized spacial score (nSPS) is 18.3. The van der Waals surface area contributed by atoms with Crippen molar-refractivity contribution in [2.75, 3.05) is 31.1 Å². The first-order valence-electron chi connectivity index (χ1n) is 20.1. The molecule has 2 saturated heterocycles. The zero-order valence-corrected chi connectivity index (χ0v) is 33.5. The molecule has 56 heavy (non-hydrogen) atoms. The number of aromatic nitrogens is 2. The summed E-state index contributed by atoms with van der Waals surface area (Å²) in [5.74, 6) is -1.09. The molecule has 0 spiro atoms. The SMILES string of the molecule is CCn1c(-c2cccnc2C(C)C)c(CC(C)(C)CO)c2cc(N3CCC[C@@H](C[C@H](NC(=O)OCc4ccccc4)C(=O)N4CCC[C@@H](C(=O)O)N4)C3)ccc21. The van der Waals surface area contributed by atoms with Gasteiger partial charge in [-0.05, 0) is 104 Å². The number of hydrogen-bond acceptors (Lipinski definition) is 8. The van der Waals surface area contributed by atoms with Crippen molar-refractivity contribution in [3.63, 3.8) is 0 Å². The number of hydrazine groups is 1. The Morgan fingerprint density at radius 2 is 1.80 bits per heavy atom. The number of aliphatic hydroxyl groups excluding tert-OH is 1. The minimum Gasteiger partial charge on any atom is -0.480 e. The van der Waals surface area contributed by atoms with Gasteiger partial charge >= 0.3 is 12.1 Å². The maximum Gasteiger partial charge on any atom is 0.408 e. The third-order valence-corrected chi connectivity index (χ3v) is 11.2. The predicted octanol–water partition coefficient (Wildman–Crippen LogP) is 6.89. The van der Waals surface area contributed by atoms with Crippen molar-refractivity contribution in [2.24, 2.45) is 11.3 Å². The van der Waals surface area contributed by atoms with Crippen molar-refractivity contribution < 1.29 is 29.3 Å². The molecule has 0 aliphatic carbocycles. The topological polar surface area (TPSA) is 149 Å². The van der Waals surface area contributed by atoms with Gasteiger partial charge < -0.3 is 29.7 Å². The number of alkyl carbamates (subject to hydrolysis) is 1. The smallest absolute Gasteiger partial charge is 0.408 e. The number of aliphatic carboxylic acids is 1. The standard InChI is InChI=1S/C44H58N6O6/c1-6-49-38-19-18-32(24-34(38)35(25-44(4,5)28-51)40(49)33-16-10-20-45-39(33)29(2)3)48-21-11-15-31(26-48)23-37(41(52)50-22-12-17-36(47-50)42(53)54)46-43(55)56-27-30-13-8-7-9-14-30/h7-10,13-14,16,18-20,24,29,31,36-37,47,51H,6,11-12,15,17,21-23,25-28H2,1-5H3,(H,46,55)(H,53,54)/t31-,36-,37-/m0/s1. The Labute approximate surface area is 330 Å². The molecule has 2 amide bonds. The van der Waals surface area contributed by atoms with Gasteiger partial charge in [-0.15, -0.1) is 0 Å². The molecule has 12 heteroatoms. The molecule has 300 valence electrons. The number of amides is 2. The number of nitrogens with zero attached hydrogens (tertiary/aromatic N) is 4. The van der Waals surface area contributed by atoms with E-state index in [0.717, 1.165) is 65.0 Å². The molecule has 2 aromatic carbocycles. The maximum atomic E-state index is 14.0. The van der Waals surface area contributed by atoms with Crippen molar-refractivity contribution in [2.45, 2.75) is 104 Å². The lowest BCUT2D eigenvalue weighted by Crippen LogP contribution is -2.60. The Kier molecular flexibility index (Phi) is 13.0. The lowest BCUT2D eigenvalue weighted by Gasteiger charge is -2.38. The minimum atomic E-state index is -1.01. The molecule has 2 aliphatic rings. The fourth-order valence-corrected chi connectivity index (χ4v) is 8.30. The molecule has 4 aromatic rings. The number of rotatable bonds is 14. The largest absolute Gasteiger partial charge is 0.480 e. The molecule has 4 N–H and O–H groups in total. The van der Waals surface area contributed by atoms with E-state index in [1.165, 1.54) is 10.6 Å². The Morgan fingerprint density at radius 1 is 1.04 bits per heavy atom. The van der Waals surface area contributed by atoms with Gasteiger partial charge in [0.2, 0.25) is 0 Å². The molecular weight excluding hydrogens is 709 g/mol. The van der Waals surface area contributed by atoms with Gasteiger partial charge in [0.25, 0.3) is 5.91 Å². The summed E-state index contributed by atoms with van der Waals surface area (Å²) in [6, 6.07) is 18.4.